The van der Waals surface area contributed by atoms with Gasteiger partial charge in [-0.3, -0.25) is 4.79 Å². The highest BCUT2D eigenvalue weighted by atomic mass is 16.4. The number of carboxylic acid groups (broad SMARTS) is 1. The van der Waals surface area contributed by atoms with Crippen LogP contribution in [0.2, 0.25) is 0 Å². The number of nitrogens with zero attached hydrogens (tertiary/aromatic N) is 1. The highest BCUT2D eigenvalue weighted by Gasteiger charge is 2.16. The molecule has 0 saturated carbocycles. The average Bonchev–Trinajstić information content (AvgIpc) is 2.46. The summed E-state index contributed by atoms with van der Waals surface area (Å²) in [5.74, 6) is -0.306. The maximum absolute atomic E-state index is 10.8. The van der Waals surface area contributed by atoms with Crippen LogP contribution in [0.4, 0.5) is 11.4 Å². The van der Waals surface area contributed by atoms with Gasteiger partial charge in [-0.25, -0.2) is 0 Å². The van der Waals surface area contributed by atoms with Gasteiger partial charge in [-0.15, -0.1) is 0 Å². The first-order valence-corrected chi connectivity index (χ1v) is 7.38. The van der Waals surface area contributed by atoms with Crippen molar-refractivity contribution in [1.82, 2.24) is 0 Å². The molecule has 1 unspecified atom stereocenters. The molecule has 1 aliphatic rings. The van der Waals surface area contributed by atoms with Crippen LogP contribution in [0.3, 0.4) is 0 Å². The number of carbonyl (C=O) groups is 1. The van der Waals surface area contributed by atoms with Crippen LogP contribution in [0.25, 0.3) is 0 Å². The maximum atomic E-state index is 10.8. The van der Waals surface area contributed by atoms with Crippen molar-refractivity contribution < 1.29 is 9.90 Å². The Bertz CT molecular complexity index is 436. The van der Waals surface area contributed by atoms with Gasteiger partial charge in [0.15, 0.2) is 0 Å². The summed E-state index contributed by atoms with van der Waals surface area (Å²) in [6.45, 7) is 6.73. The van der Waals surface area contributed by atoms with E-state index < -0.39 is 5.97 Å². The third-order valence-electron chi connectivity index (χ3n) is 4.05. The minimum Gasteiger partial charge on any atom is -0.481 e. The summed E-state index contributed by atoms with van der Waals surface area (Å²) in [6, 6.07) is 8.29. The summed E-state index contributed by atoms with van der Waals surface area (Å²) in [7, 11) is 0. The van der Waals surface area contributed by atoms with Gasteiger partial charge in [-0.05, 0) is 43.0 Å². The predicted octanol–water partition coefficient (Wildman–Crippen LogP) is 3.06. The fourth-order valence-corrected chi connectivity index (χ4v) is 2.42. The van der Waals surface area contributed by atoms with Gasteiger partial charge in [-0.2, -0.15) is 0 Å². The fourth-order valence-electron chi connectivity index (χ4n) is 2.42. The molecule has 1 aromatic rings. The van der Waals surface area contributed by atoms with Crippen molar-refractivity contribution in [2.24, 2.45) is 11.8 Å². The second kappa shape index (κ2) is 6.64. The third kappa shape index (κ3) is 3.89. The van der Waals surface area contributed by atoms with Crippen molar-refractivity contribution in [3.8, 4) is 0 Å². The van der Waals surface area contributed by atoms with E-state index in [1.54, 1.807) is 6.92 Å². The van der Waals surface area contributed by atoms with E-state index >= 15 is 0 Å². The van der Waals surface area contributed by atoms with Crippen molar-refractivity contribution >= 4 is 17.3 Å². The van der Waals surface area contributed by atoms with E-state index in [1.807, 2.05) is 12.1 Å². The first-order valence-electron chi connectivity index (χ1n) is 7.38. The number of carboxylic acids is 1. The van der Waals surface area contributed by atoms with E-state index in [9.17, 15) is 4.79 Å². The number of aliphatic carboxylic acids is 1. The van der Waals surface area contributed by atoms with Crippen molar-refractivity contribution in [3.63, 3.8) is 0 Å². The molecule has 110 valence electrons. The minimum absolute atomic E-state index is 0.377. The molecule has 1 atom stereocenters. The zero-order valence-electron chi connectivity index (χ0n) is 12.3. The lowest BCUT2D eigenvalue weighted by Crippen LogP contribution is -2.32. The van der Waals surface area contributed by atoms with E-state index in [0.29, 0.717) is 6.54 Å². The summed E-state index contributed by atoms with van der Waals surface area (Å²) in [5.41, 5.74) is 2.24. The van der Waals surface area contributed by atoms with Crippen molar-refractivity contribution in [2.45, 2.75) is 26.7 Å². The van der Waals surface area contributed by atoms with Crippen LogP contribution >= 0.6 is 0 Å². The zero-order chi connectivity index (χ0) is 14.5. The Kier molecular flexibility index (Phi) is 4.88. The summed E-state index contributed by atoms with van der Waals surface area (Å²) < 4.78 is 0. The normalized spacial score (nSPS) is 17.8. The van der Waals surface area contributed by atoms with Crippen LogP contribution in [0.1, 0.15) is 26.7 Å². The van der Waals surface area contributed by atoms with Gasteiger partial charge in [0.2, 0.25) is 0 Å². The predicted molar refractivity (Wildman–Crippen MR) is 82.3 cm³/mol. The topological polar surface area (TPSA) is 52.6 Å². The van der Waals surface area contributed by atoms with E-state index in [0.717, 1.165) is 24.7 Å². The Morgan fingerprint density at radius 1 is 1.35 bits per heavy atom. The molecule has 1 fully saturated rings. The quantitative estimate of drug-likeness (QED) is 0.868. The highest BCUT2D eigenvalue weighted by Crippen LogP contribution is 2.24. The molecule has 1 aliphatic heterocycles. The Labute approximate surface area is 120 Å². The SMILES string of the molecule is CC1CCN(c2ccc(NCC(C)C(=O)O)cc2)CC1. The smallest absolute Gasteiger partial charge is 0.308 e. The number of benzene rings is 1. The van der Waals surface area contributed by atoms with Crippen molar-refractivity contribution in [2.75, 3.05) is 29.9 Å². The second-order valence-corrected chi connectivity index (χ2v) is 5.84. The molecular weight excluding hydrogens is 252 g/mol. The summed E-state index contributed by atoms with van der Waals surface area (Å²) in [5, 5.41) is 12.0. The molecule has 4 nitrogen and oxygen atoms in total. The molecule has 0 aromatic heterocycles. The van der Waals surface area contributed by atoms with Crippen molar-refractivity contribution in [1.29, 1.82) is 0 Å². The largest absolute Gasteiger partial charge is 0.481 e. The number of anilines is 2. The standard InChI is InChI=1S/C16H24N2O2/c1-12-7-9-18(10-8-12)15-5-3-14(4-6-15)17-11-13(2)16(19)20/h3-6,12-13,17H,7-11H2,1-2H3,(H,19,20). The molecule has 1 saturated heterocycles. The lowest BCUT2D eigenvalue weighted by atomic mass is 9.99. The molecule has 0 amide bonds. The number of nitrogens with one attached hydrogen (secondary N) is 1. The maximum Gasteiger partial charge on any atom is 0.308 e. The van der Waals surface area contributed by atoms with Gasteiger partial charge in [-0.1, -0.05) is 13.8 Å². The monoisotopic (exact) mass is 276 g/mol. The Hall–Kier alpha value is -1.71. The number of hydrogen-bond acceptors (Lipinski definition) is 3. The fraction of sp³-hybridized carbons (Fsp3) is 0.562. The van der Waals surface area contributed by atoms with E-state index in [1.165, 1.54) is 18.5 Å². The molecule has 0 aliphatic carbocycles. The average molecular weight is 276 g/mol. The van der Waals surface area contributed by atoms with E-state index in [2.05, 4.69) is 29.3 Å². The molecule has 20 heavy (non-hydrogen) atoms. The Morgan fingerprint density at radius 3 is 2.50 bits per heavy atom. The molecular formula is C16H24N2O2. The number of piperidine rings is 1. The number of rotatable bonds is 5. The van der Waals surface area contributed by atoms with Crippen LogP contribution < -0.4 is 10.2 Å². The van der Waals surface area contributed by atoms with E-state index in [-0.39, 0.29) is 5.92 Å². The summed E-state index contributed by atoms with van der Waals surface area (Å²) in [6.07, 6.45) is 2.52. The molecule has 2 rings (SSSR count). The van der Waals surface area contributed by atoms with Gasteiger partial charge in [0.1, 0.15) is 0 Å². The summed E-state index contributed by atoms with van der Waals surface area (Å²) >= 11 is 0. The van der Waals surface area contributed by atoms with Crippen molar-refractivity contribution in [3.05, 3.63) is 24.3 Å². The van der Waals surface area contributed by atoms with E-state index in [4.69, 9.17) is 5.11 Å². The van der Waals surface area contributed by atoms with Crippen LogP contribution in [0.15, 0.2) is 24.3 Å². The minimum atomic E-state index is -0.767. The third-order valence-corrected chi connectivity index (χ3v) is 4.05. The van der Waals surface area contributed by atoms with Crippen LogP contribution in [-0.2, 0) is 4.79 Å². The molecule has 0 radical (unpaired) electrons. The molecule has 2 N–H and O–H groups in total. The van der Waals surface area contributed by atoms with Gasteiger partial charge in [0.25, 0.3) is 0 Å². The Morgan fingerprint density at radius 2 is 1.95 bits per heavy atom. The molecule has 1 heterocycles. The first kappa shape index (κ1) is 14.7. The highest BCUT2D eigenvalue weighted by molar-refractivity contribution is 5.70. The van der Waals surface area contributed by atoms with Crippen LogP contribution in [-0.4, -0.2) is 30.7 Å². The lowest BCUT2D eigenvalue weighted by molar-refractivity contribution is -0.140. The van der Waals surface area contributed by atoms with Crippen LogP contribution in [0.5, 0.6) is 0 Å². The van der Waals surface area contributed by atoms with Gasteiger partial charge >= 0.3 is 5.97 Å². The zero-order valence-corrected chi connectivity index (χ0v) is 12.3. The number of hydrogen-bond donors (Lipinski definition) is 2. The Balaban J connectivity index is 1.88. The lowest BCUT2D eigenvalue weighted by Gasteiger charge is -2.32. The summed E-state index contributed by atoms with van der Waals surface area (Å²) in [4.78, 5) is 13.2. The van der Waals surface area contributed by atoms with Crippen LogP contribution in [0, 0.1) is 11.8 Å². The van der Waals surface area contributed by atoms with Gasteiger partial charge < -0.3 is 15.3 Å². The van der Waals surface area contributed by atoms with Gasteiger partial charge in [0.05, 0.1) is 5.92 Å². The first-order chi connectivity index (χ1) is 9.56. The molecule has 0 spiro atoms. The van der Waals surface area contributed by atoms with Gasteiger partial charge in [0, 0.05) is 31.0 Å². The molecule has 4 heteroatoms. The molecule has 1 aromatic carbocycles. The second-order valence-electron chi connectivity index (χ2n) is 5.84. The molecule has 0 bridgehead atoms.